The molecule has 0 saturated heterocycles. The van der Waals surface area contributed by atoms with Gasteiger partial charge in [-0.2, -0.15) is 13.9 Å². The summed E-state index contributed by atoms with van der Waals surface area (Å²) in [7, 11) is 1.64. The summed E-state index contributed by atoms with van der Waals surface area (Å²) in [6.45, 7) is -1.19. The third kappa shape index (κ3) is 6.69. The Kier molecular flexibility index (Phi) is 9.05. The van der Waals surface area contributed by atoms with Gasteiger partial charge in [0, 0.05) is 38.1 Å². The molecule has 0 radical (unpaired) electrons. The van der Waals surface area contributed by atoms with Gasteiger partial charge in [0.1, 0.15) is 5.75 Å². The van der Waals surface area contributed by atoms with Gasteiger partial charge < -0.3 is 15.4 Å². The third-order valence-electron chi connectivity index (χ3n) is 3.05. The van der Waals surface area contributed by atoms with Crippen molar-refractivity contribution in [3.8, 4) is 5.75 Å². The summed E-state index contributed by atoms with van der Waals surface area (Å²) in [6.07, 6.45) is 3.59. The molecule has 0 atom stereocenters. The first kappa shape index (κ1) is 20.1. The molecule has 9 heteroatoms. The molecule has 0 unspecified atom stereocenters. The molecule has 0 aliphatic heterocycles. The second-order valence-electron chi connectivity index (χ2n) is 4.61. The number of nitrogens with zero attached hydrogens (tertiary/aromatic N) is 3. The second kappa shape index (κ2) is 10.8. The molecule has 0 spiro atoms. The predicted molar refractivity (Wildman–Crippen MR) is 98.9 cm³/mol. The second-order valence-corrected chi connectivity index (χ2v) is 4.61. The summed E-state index contributed by atoms with van der Waals surface area (Å²) in [5, 5.41) is 10.3. The van der Waals surface area contributed by atoms with Crippen LogP contribution in [0, 0.1) is 0 Å². The highest BCUT2D eigenvalue weighted by atomic mass is 127. The molecule has 1 aromatic carbocycles. The molecule has 0 amide bonds. The van der Waals surface area contributed by atoms with E-state index >= 15 is 0 Å². The Morgan fingerprint density at radius 2 is 2.08 bits per heavy atom. The maximum absolute atomic E-state index is 12.4. The molecule has 1 aromatic heterocycles. The van der Waals surface area contributed by atoms with Crippen LogP contribution in [-0.2, 0) is 13.1 Å². The number of nitrogens with one attached hydrogen (secondary N) is 2. The molecule has 0 saturated carbocycles. The van der Waals surface area contributed by atoms with Crippen LogP contribution in [0.5, 0.6) is 5.75 Å². The minimum absolute atomic E-state index is 0. The van der Waals surface area contributed by atoms with Crippen LogP contribution < -0.4 is 15.4 Å². The molecular formula is C15H20F2IN5O. The van der Waals surface area contributed by atoms with Crippen LogP contribution in [0.4, 0.5) is 8.78 Å². The van der Waals surface area contributed by atoms with E-state index in [0.29, 0.717) is 31.2 Å². The third-order valence-corrected chi connectivity index (χ3v) is 3.05. The molecule has 2 aromatic rings. The number of hydrogen-bond acceptors (Lipinski definition) is 3. The van der Waals surface area contributed by atoms with Crippen molar-refractivity contribution in [3.63, 3.8) is 0 Å². The van der Waals surface area contributed by atoms with Crippen molar-refractivity contribution in [2.24, 2.45) is 4.99 Å². The number of para-hydroxylation sites is 1. The zero-order valence-corrected chi connectivity index (χ0v) is 15.5. The van der Waals surface area contributed by atoms with Gasteiger partial charge >= 0.3 is 6.61 Å². The van der Waals surface area contributed by atoms with Gasteiger partial charge in [0.2, 0.25) is 0 Å². The van der Waals surface area contributed by atoms with Gasteiger partial charge in [0.25, 0.3) is 0 Å². The monoisotopic (exact) mass is 451 g/mol. The number of aromatic nitrogens is 2. The van der Waals surface area contributed by atoms with Crippen molar-refractivity contribution in [3.05, 3.63) is 48.3 Å². The number of alkyl halides is 2. The maximum atomic E-state index is 12.4. The topological polar surface area (TPSA) is 63.5 Å². The molecule has 0 aliphatic rings. The minimum atomic E-state index is -2.84. The summed E-state index contributed by atoms with van der Waals surface area (Å²) in [5.74, 6) is 0.728. The molecule has 0 bridgehead atoms. The maximum Gasteiger partial charge on any atom is 0.387 e. The summed E-state index contributed by atoms with van der Waals surface area (Å²) in [4.78, 5) is 4.09. The van der Waals surface area contributed by atoms with Crippen molar-refractivity contribution in [2.75, 3.05) is 13.6 Å². The average molecular weight is 451 g/mol. The van der Waals surface area contributed by atoms with Crippen LogP contribution in [0.3, 0.4) is 0 Å². The van der Waals surface area contributed by atoms with Crippen LogP contribution in [0.15, 0.2) is 47.7 Å². The van der Waals surface area contributed by atoms with Crippen LogP contribution in [0.25, 0.3) is 0 Å². The highest BCUT2D eigenvalue weighted by Gasteiger charge is 2.09. The van der Waals surface area contributed by atoms with Gasteiger partial charge in [-0.3, -0.25) is 9.67 Å². The number of rotatable bonds is 7. The summed E-state index contributed by atoms with van der Waals surface area (Å²) in [5.41, 5.74) is 0.628. The van der Waals surface area contributed by atoms with Gasteiger partial charge in [-0.15, -0.1) is 24.0 Å². The number of ether oxygens (including phenoxy) is 1. The number of halogens is 3. The van der Waals surface area contributed by atoms with Gasteiger partial charge in [-0.1, -0.05) is 18.2 Å². The Morgan fingerprint density at radius 3 is 2.75 bits per heavy atom. The van der Waals surface area contributed by atoms with E-state index in [0.717, 1.165) is 0 Å². The van der Waals surface area contributed by atoms with E-state index < -0.39 is 6.61 Å². The standard InChI is InChI=1S/C15H19F2N5O.HI/c1-18-15(19-8-10-22-9-4-7-21-22)20-11-12-5-2-3-6-13(12)23-14(16)17;/h2-7,9,14H,8,10-11H2,1H3,(H2,18,19,20);1H. The Hall–Kier alpha value is -1.91. The summed E-state index contributed by atoms with van der Waals surface area (Å²) >= 11 is 0. The molecular weight excluding hydrogens is 431 g/mol. The molecule has 6 nitrogen and oxygen atoms in total. The normalized spacial score (nSPS) is 11.1. The zero-order valence-electron chi connectivity index (χ0n) is 13.2. The lowest BCUT2D eigenvalue weighted by Gasteiger charge is -2.14. The highest BCUT2D eigenvalue weighted by Crippen LogP contribution is 2.19. The van der Waals surface area contributed by atoms with Crippen molar-refractivity contribution in [1.29, 1.82) is 0 Å². The molecule has 1 heterocycles. The summed E-state index contributed by atoms with van der Waals surface area (Å²) < 4.78 is 31.1. The zero-order chi connectivity index (χ0) is 16.5. The molecule has 24 heavy (non-hydrogen) atoms. The van der Waals surface area contributed by atoms with Gasteiger partial charge in [0.05, 0.1) is 6.54 Å². The molecule has 0 fully saturated rings. The lowest BCUT2D eigenvalue weighted by molar-refractivity contribution is -0.0504. The first-order chi connectivity index (χ1) is 11.2. The Morgan fingerprint density at radius 1 is 1.29 bits per heavy atom. The first-order valence-electron chi connectivity index (χ1n) is 7.13. The smallest absolute Gasteiger partial charge is 0.387 e. The fourth-order valence-corrected chi connectivity index (χ4v) is 1.98. The fraction of sp³-hybridized carbons (Fsp3) is 0.333. The van der Waals surface area contributed by atoms with Crippen molar-refractivity contribution in [2.45, 2.75) is 19.7 Å². The SMILES string of the molecule is CN=C(NCCn1cccn1)NCc1ccccc1OC(F)F.I. The summed E-state index contributed by atoms with van der Waals surface area (Å²) in [6, 6.07) is 8.51. The molecule has 0 aliphatic carbocycles. The minimum Gasteiger partial charge on any atom is -0.434 e. The Labute approximate surface area is 156 Å². The van der Waals surface area contributed by atoms with Crippen molar-refractivity contribution in [1.82, 2.24) is 20.4 Å². The average Bonchev–Trinajstić information content (AvgIpc) is 3.05. The lowest BCUT2D eigenvalue weighted by Crippen LogP contribution is -2.38. The Bertz CT molecular complexity index is 622. The predicted octanol–water partition coefficient (Wildman–Crippen LogP) is 2.47. The number of guanidine groups is 1. The van der Waals surface area contributed by atoms with E-state index in [1.165, 1.54) is 6.07 Å². The number of hydrogen-bond donors (Lipinski definition) is 2. The number of aliphatic imine (C=N–C) groups is 1. The first-order valence-corrected chi connectivity index (χ1v) is 7.13. The van der Waals surface area contributed by atoms with E-state index in [-0.39, 0.29) is 29.7 Å². The van der Waals surface area contributed by atoms with E-state index in [2.05, 4.69) is 25.5 Å². The van der Waals surface area contributed by atoms with E-state index in [4.69, 9.17) is 0 Å². The highest BCUT2D eigenvalue weighted by molar-refractivity contribution is 14.0. The van der Waals surface area contributed by atoms with E-state index in [9.17, 15) is 8.78 Å². The quantitative estimate of drug-likeness (QED) is 0.386. The number of benzene rings is 1. The fourth-order valence-electron chi connectivity index (χ4n) is 1.98. The van der Waals surface area contributed by atoms with Crippen LogP contribution in [-0.4, -0.2) is 35.9 Å². The Balaban J connectivity index is 0.00000288. The van der Waals surface area contributed by atoms with E-state index in [1.54, 1.807) is 36.1 Å². The van der Waals surface area contributed by atoms with Crippen molar-refractivity contribution >= 4 is 29.9 Å². The van der Waals surface area contributed by atoms with Gasteiger partial charge in [-0.25, -0.2) is 0 Å². The molecule has 2 N–H and O–H groups in total. The van der Waals surface area contributed by atoms with Crippen LogP contribution >= 0.6 is 24.0 Å². The molecule has 132 valence electrons. The van der Waals surface area contributed by atoms with Crippen molar-refractivity contribution < 1.29 is 13.5 Å². The largest absolute Gasteiger partial charge is 0.434 e. The molecule has 2 rings (SSSR count). The van der Waals surface area contributed by atoms with Crippen LogP contribution in [0.1, 0.15) is 5.56 Å². The van der Waals surface area contributed by atoms with Crippen LogP contribution in [0.2, 0.25) is 0 Å². The van der Waals surface area contributed by atoms with E-state index in [1.807, 2.05) is 12.3 Å². The van der Waals surface area contributed by atoms with Gasteiger partial charge in [-0.05, 0) is 12.1 Å². The lowest BCUT2D eigenvalue weighted by atomic mass is 10.2. The van der Waals surface area contributed by atoms with Gasteiger partial charge in [0.15, 0.2) is 5.96 Å².